The number of rotatable bonds is 10. The molecule has 4 amide bonds. The molecule has 0 spiro atoms. The zero-order chi connectivity index (χ0) is 32.7. The number of urea groups is 2. The summed E-state index contributed by atoms with van der Waals surface area (Å²) in [5.74, 6) is -2.58. The van der Waals surface area contributed by atoms with Gasteiger partial charge in [0, 0.05) is 43.4 Å². The monoisotopic (exact) mass is 632 g/mol. The van der Waals surface area contributed by atoms with E-state index in [-0.39, 0.29) is 49.0 Å². The number of hydrogen-bond acceptors (Lipinski definition) is 6. The van der Waals surface area contributed by atoms with Gasteiger partial charge in [-0.15, -0.1) is 0 Å². The highest BCUT2D eigenvalue weighted by molar-refractivity contribution is 6.00. The molecular formula is C35H38F2N4O5. The van der Waals surface area contributed by atoms with Gasteiger partial charge in [-0.05, 0) is 48.9 Å². The molecule has 1 heterocycles. The van der Waals surface area contributed by atoms with Crippen LogP contribution in [0.4, 0.5) is 24.1 Å². The Morgan fingerprint density at radius 2 is 1.59 bits per heavy atom. The summed E-state index contributed by atoms with van der Waals surface area (Å²) in [7, 11) is 2.63. The van der Waals surface area contributed by atoms with E-state index in [1.807, 2.05) is 41.3 Å². The Balaban J connectivity index is 1.32. The first-order chi connectivity index (χ1) is 22.3. The van der Waals surface area contributed by atoms with Crippen LogP contribution >= 0.6 is 0 Å². The predicted octanol–water partition coefficient (Wildman–Crippen LogP) is 5.51. The van der Waals surface area contributed by atoms with E-state index in [0.29, 0.717) is 5.69 Å². The minimum Gasteiger partial charge on any atom is -0.466 e. The lowest BCUT2D eigenvalue weighted by molar-refractivity contribution is -0.136. The van der Waals surface area contributed by atoms with Crippen LogP contribution in [0.25, 0.3) is 0 Å². The Labute approximate surface area is 267 Å². The van der Waals surface area contributed by atoms with Gasteiger partial charge in [-0.25, -0.2) is 28.1 Å². The van der Waals surface area contributed by atoms with E-state index in [0.717, 1.165) is 36.6 Å². The second-order valence-electron chi connectivity index (χ2n) is 11.5. The number of anilines is 1. The quantitative estimate of drug-likeness (QED) is 0.286. The lowest BCUT2D eigenvalue weighted by Gasteiger charge is -2.45. The average Bonchev–Trinajstić information content (AvgIpc) is 3.09. The van der Waals surface area contributed by atoms with Gasteiger partial charge in [-0.2, -0.15) is 0 Å². The van der Waals surface area contributed by atoms with Gasteiger partial charge in [0.1, 0.15) is 0 Å². The number of carbonyl (C=O) groups is 3. The van der Waals surface area contributed by atoms with Crippen LogP contribution in [0.2, 0.25) is 0 Å². The van der Waals surface area contributed by atoms with E-state index in [2.05, 4.69) is 34.9 Å². The molecule has 0 atom stereocenters. The van der Waals surface area contributed by atoms with Gasteiger partial charge >= 0.3 is 18.0 Å². The van der Waals surface area contributed by atoms with Crippen molar-refractivity contribution in [3.05, 3.63) is 113 Å². The summed E-state index contributed by atoms with van der Waals surface area (Å²) in [6.07, 6.45) is 3.19. The maximum Gasteiger partial charge on any atom is 0.337 e. The number of carbonyl (C=O) groups excluding carboxylic acids is 3. The van der Waals surface area contributed by atoms with E-state index >= 15 is 0 Å². The topological polar surface area (TPSA) is 100 Å². The largest absolute Gasteiger partial charge is 0.466 e. The van der Waals surface area contributed by atoms with Gasteiger partial charge in [0.2, 0.25) is 0 Å². The zero-order valence-corrected chi connectivity index (χ0v) is 25.9. The minimum absolute atomic E-state index is 0.0222. The Morgan fingerprint density at radius 1 is 0.957 bits per heavy atom. The summed E-state index contributed by atoms with van der Waals surface area (Å²) >= 11 is 0. The van der Waals surface area contributed by atoms with Crippen molar-refractivity contribution in [2.75, 3.05) is 45.4 Å². The van der Waals surface area contributed by atoms with Crippen molar-refractivity contribution in [3.63, 3.8) is 0 Å². The normalized spacial score (nSPS) is 16.5. The van der Waals surface area contributed by atoms with Gasteiger partial charge < -0.3 is 25.0 Å². The third-order valence-electron chi connectivity index (χ3n) is 8.92. The molecule has 2 N–H and O–H groups in total. The molecule has 46 heavy (non-hydrogen) atoms. The van der Waals surface area contributed by atoms with Crippen LogP contribution in [0.5, 0.6) is 0 Å². The molecule has 0 saturated heterocycles. The Bertz CT molecular complexity index is 1530. The molecule has 2 aliphatic rings. The van der Waals surface area contributed by atoms with Crippen molar-refractivity contribution in [2.24, 2.45) is 0 Å². The Morgan fingerprint density at radius 3 is 2.15 bits per heavy atom. The summed E-state index contributed by atoms with van der Waals surface area (Å²) in [5, 5.41) is 5.28. The second-order valence-corrected chi connectivity index (χ2v) is 11.5. The van der Waals surface area contributed by atoms with E-state index < -0.39 is 29.7 Å². The first-order valence-electron chi connectivity index (χ1n) is 15.3. The molecule has 0 aromatic heterocycles. The summed E-state index contributed by atoms with van der Waals surface area (Å²) in [6, 6.07) is 23.2. The van der Waals surface area contributed by atoms with Crippen LogP contribution in [-0.4, -0.2) is 69.4 Å². The van der Waals surface area contributed by atoms with Gasteiger partial charge in [0.05, 0.1) is 31.5 Å². The Kier molecular flexibility index (Phi) is 10.3. The number of methoxy groups -OCH3 is 2. The average molecular weight is 633 g/mol. The zero-order valence-electron chi connectivity index (χ0n) is 25.9. The van der Waals surface area contributed by atoms with Crippen LogP contribution in [0.1, 0.15) is 36.8 Å². The number of nitrogens with one attached hydrogen (secondary N) is 2. The van der Waals surface area contributed by atoms with Crippen LogP contribution < -0.4 is 15.5 Å². The summed E-state index contributed by atoms with van der Waals surface area (Å²) in [5.41, 5.74) is 3.11. The fraction of sp³-hybridized carbons (Fsp3) is 0.343. The Hall–Kier alpha value is -4.77. The van der Waals surface area contributed by atoms with Gasteiger partial charge in [-0.1, -0.05) is 60.7 Å². The summed E-state index contributed by atoms with van der Waals surface area (Å²) in [6.45, 7) is 0.0453. The van der Waals surface area contributed by atoms with Gasteiger partial charge in [0.25, 0.3) is 0 Å². The lowest BCUT2D eigenvalue weighted by Crippen LogP contribution is -2.54. The SMILES string of the molecule is COCC1=C(C(=O)OC)CN(C(=O)NCCN(c2ccc(F)c(F)c2)C2CCC(c3ccccc3)(c3ccccc3)CC2)C(=O)N1. The summed E-state index contributed by atoms with van der Waals surface area (Å²) in [4.78, 5) is 41.1. The van der Waals surface area contributed by atoms with E-state index in [1.54, 1.807) is 6.07 Å². The molecule has 1 aliphatic carbocycles. The molecule has 0 bridgehead atoms. The molecule has 11 heteroatoms. The van der Waals surface area contributed by atoms with Crippen molar-refractivity contribution in [1.82, 2.24) is 15.5 Å². The molecule has 1 aliphatic heterocycles. The number of hydrogen-bond donors (Lipinski definition) is 2. The van der Waals surface area contributed by atoms with Crippen LogP contribution in [0.3, 0.4) is 0 Å². The highest BCUT2D eigenvalue weighted by Gasteiger charge is 2.40. The number of ether oxygens (including phenoxy) is 2. The maximum atomic E-state index is 14.5. The summed E-state index contributed by atoms with van der Waals surface area (Å²) < 4.78 is 38.3. The predicted molar refractivity (Wildman–Crippen MR) is 169 cm³/mol. The van der Waals surface area contributed by atoms with E-state index in [4.69, 9.17) is 9.47 Å². The number of amides is 4. The van der Waals surface area contributed by atoms with Crippen LogP contribution in [0, 0.1) is 11.6 Å². The molecule has 9 nitrogen and oxygen atoms in total. The molecule has 1 saturated carbocycles. The molecule has 1 fully saturated rings. The van der Waals surface area contributed by atoms with E-state index in [9.17, 15) is 23.2 Å². The molecule has 0 radical (unpaired) electrons. The van der Waals surface area contributed by atoms with E-state index in [1.165, 1.54) is 31.4 Å². The smallest absolute Gasteiger partial charge is 0.337 e. The third-order valence-corrected chi connectivity index (χ3v) is 8.92. The number of halogens is 2. The maximum absolute atomic E-state index is 14.5. The third kappa shape index (κ3) is 6.89. The number of esters is 1. The van der Waals surface area contributed by atoms with Crippen LogP contribution in [0.15, 0.2) is 90.1 Å². The van der Waals surface area contributed by atoms with Crippen LogP contribution in [-0.2, 0) is 19.7 Å². The number of benzene rings is 3. The van der Waals surface area contributed by atoms with Gasteiger partial charge in [-0.3, -0.25) is 0 Å². The molecule has 242 valence electrons. The molecule has 5 rings (SSSR count). The number of nitrogens with zero attached hydrogens (tertiary/aromatic N) is 2. The molecule has 0 unspecified atom stereocenters. The first-order valence-corrected chi connectivity index (χ1v) is 15.3. The van der Waals surface area contributed by atoms with Crippen molar-refractivity contribution < 1.29 is 32.6 Å². The fourth-order valence-corrected chi connectivity index (χ4v) is 6.57. The van der Waals surface area contributed by atoms with Crippen molar-refractivity contribution in [3.8, 4) is 0 Å². The van der Waals surface area contributed by atoms with Crippen molar-refractivity contribution in [1.29, 1.82) is 0 Å². The van der Waals surface area contributed by atoms with Crippen molar-refractivity contribution in [2.45, 2.75) is 37.1 Å². The van der Waals surface area contributed by atoms with Crippen molar-refractivity contribution >= 4 is 23.7 Å². The van der Waals surface area contributed by atoms with Gasteiger partial charge in [0.15, 0.2) is 11.6 Å². The highest BCUT2D eigenvalue weighted by Crippen LogP contribution is 2.46. The number of imide groups is 1. The second kappa shape index (κ2) is 14.6. The highest BCUT2D eigenvalue weighted by atomic mass is 19.2. The molecular weight excluding hydrogens is 594 g/mol. The standard InChI is InChI=1S/C35H38F2N4O5/c1-45-23-31-28(32(42)46-2)22-41(34(44)39-31)33(43)38-19-20-40(27-13-14-29(36)30(37)21-27)26-15-17-35(18-16-26,24-9-5-3-6-10-24)25-11-7-4-8-12-25/h3-14,21,26H,15-20,22-23H2,1-2H3,(H,38,43)(H,39,44). The molecule has 3 aromatic rings. The first kappa shape index (κ1) is 32.6. The molecule has 3 aromatic carbocycles. The fourth-order valence-electron chi connectivity index (χ4n) is 6.57. The lowest BCUT2D eigenvalue weighted by atomic mass is 9.64. The minimum atomic E-state index is -0.954.